The van der Waals surface area contributed by atoms with E-state index in [9.17, 15) is 23.5 Å². The maximum atomic E-state index is 13.5. The molecule has 3 rings (SSSR count). The third-order valence-corrected chi connectivity index (χ3v) is 5.71. The molecular formula is C23H27F2N3O3. The third-order valence-electron chi connectivity index (χ3n) is 5.71. The van der Waals surface area contributed by atoms with E-state index in [1.807, 2.05) is 0 Å². The Hall–Kier alpha value is -3.00. The first kappa shape index (κ1) is 22.7. The van der Waals surface area contributed by atoms with Crippen LogP contribution >= 0.6 is 0 Å². The molecule has 31 heavy (non-hydrogen) atoms. The summed E-state index contributed by atoms with van der Waals surface area (Å²) in [4.78, 5) is 26.5. The number of aliphatic carboxylic acids is 1. The second-order valence-corrected chi connectivity index (χ2v) is 8.17. The molecule has 2 aromatic carbocycles. The summed E-state index contributed by atoms with van der Waals surface area (Å²) in [6.45, 7) is 5.47. The van der Waals surface area contributed by atoms with Gasteiger partial charge in [0.1, 0.15) is 17.7 Å². The van der Waals surface area contributed by atoms with E-state index >= 15 is 0 Å². The Morgan fingerprint density at radius 2 is 1.39 bits per heavy atom. The molecule has 1 fully saturated rings. The molecule has 1 atom stereocenters. The Labute approximate surface area is 180 Å². The summed E-state index contributed by atoms with van der Waals surface area (Å²) in [6.07, 6.45) is 0. The van der Waals surface area contributed by atoms with Gasteiger partial charge in [-0.1, -0.05) is 13.8 Å². The van der Waals surface area contributed by atoms with Crippen LogP contribution < -0.4 is 15.3 Å². The van der Waals surface area contributed by atoms with Crippen LogP contribution in [0, 0.1) is 17.6 Å². The highest BCUT2D eigenvalue weighted by Crippen LogP contribution is 2.20. The van der Waals surface area contributed by atoms with Crippen molar-refractivity contribution in [2.75, 3.05) is 26.2 Å². The molecule has 0 aliphatic carbocycles. The number of benzene rings is 2. The maximum Gasteiger partial charge on any atom is 0.318 e. The highest BCUT2D eigenvalue weighted by molar-refractivity contribution is 5.81. The van der Waals surface area contributed by atoms with Gasteiger partial charge in [0.15, 0.2) is 0 Å². The van der Waals surface area contributed by atoms with Gasteiger partial charge < -0.3 is 25.0 Å². The van der Waals surface area contributed by atoms with E-state index in [4.69, 9.17) is 0 Å². The zero-order valence-electron chi connectivity index (χ0n) is 17.6. The molecule has 0 aromatic heterocycles. The first-order valence-corrected chi connectivity index (χ1v) is 10.4. The lowest BCUT2D eigenvalue weighted by molar-refractivity contribution is -0.929. The minimum Gasteiger partial charge on any atom is -0.548 e. The molecular weight excluding hydrogens is 404 g/mol. The lowest BCUT2D eigenvalue weighted by Crippen LogP contribution is -3.15. The number of hydrogen-bond donors (Lipinski definition) is 2. The summed E-state index contributed by atoms with van der Waals surface area (Å²) in [5, 5.41) is 13.8. The average Bonchev–Trinajstić information content (AvgIpc) is 2.74. The summed E-state index contributed by atoms with van der Waals surface area (Å²) in [5.74, 6) is -2.25. The van der Waals surface area contributed by atoms with E-state index < -0.39 is 18.0 Å². The van der Waals surface area contributed by atoms with E-state index in [2.05, 4.69) is 5.32 Å². The van der Waals surface area contributed by atoms with Crippen molar-refractivity contribution < 1.29 is 28.4 Å². The average molecular weight is 431 g/mol. The molecule has 1 aliphatic heterocycles. The minimum atomic E-state index is -1.31. The lowest BCUT2D eigenvalue weighted by atomic mass is 9.96. The topological polar surface area (TPSA) is 76.9 Å². The van der Waals surface area contributed by atoms with Crippen LogP contribution in [0.25, 0.3) is 0 Å². The first-order chi connectivity index (χ1) is 14.8. The van der Waals surface area contributed by atoms with Crippen molar-refractivity contribution in [3.8, 4) is 0 Å². The van der Waals surface area contributed by atoms with Crippen LogP contribution in [0.1, 0.15) is 31.0 Å². The zero-order chi connectivity index (χ0) is 22.5. The van der Waals surface area contributed by atoms with Crippen molar-refractivity contribution in [2.45, 2.75) is 25.9 Å². The molecule has 0 radical (unpaired) electrons. The maximum absolute atomic E-state index is 13.5. The molecule has 0 spiro atoms. The Kier molecular flexibility index (Phi) is 7.22. The van der Waals surface area contributed by atoms with Crippen LogP contribution in [0.2, 0.25) is 0 Å². The Balaban J connectivity index is 1.73. The van der Waals surface area contributed by atoms with Crippen LogP contribution in [-0.2, 0) is 4.79 Å². The minimum absolute atomic E-state index is 0.141. The molecule has 2 amide bonds. The number of amides is 2. The standard InChI is InChI=1S/C23H27F2N3O3/c1-15(2)20(22(29)30)26-23(31)28-13-11-27(12-14-28)21(16-3-7-18(24)8-4-16)17-5-9-19(25)10-6-17/h3-10,15,20-21H,11-14H2,1-2H3,(H,26,31)(H,29,30)/t20-/m0/s1. The van der Waals surface area contributed by atoms with Gasteiger partial charge in [0.05, 0.1) is 38.2 Å². The number of nitrogens with zero attached hydrogens (tertiary/aromatic N) is 1. The van der Waals surface area contributed by atoms with Crippen molar-refractivity contribution in [3.05, 3.63) is 71.3 Å². The molecule has 1 saturated heterocycles. The Bertz CT molecular complexity index is 850. The molecule has 0 unspecified atom stereocenters. The number of quaternary nitrogens is 1. The molecule has 2 N–H and O–H groups in total. The number of carbonyl (C=O) groups excluding carboxylic acids is 2. The van der Waals surface area contributed by atoms with Crippen LogP contribution in [0.4, 0.5) is 13.6 Å². The summed E-state index contributed by atoms with van der Waals surface area (Å²) in [7, 11) is 0. The van der Waals surface area contributed by atoms with Gasteiger partial charge in [-0.2, -0.15) is 0 Å². The van der Waals surface area contributed by atoms with Crippen molar-refractivity contribution >= 4 is 12.0 Å². The first-order valence-electron chi connectivity index (χ1n) is 10.4. The van der Waals surface area contributed by atoms with E-state index in [0.29, 0.717) is 26.2 Å². The highest BCUT2D eigenvalue weighted by atomic mass is 19.1. The third kappa shape index (κ3) is 5.58. The largest absolute Gasteiger partial charge is 0.548 e. The number of urea groups is 1. The number of halogens is 2. The van der Waals surface area contributed by atoms with Gasteiger partial charge in [-0.15, -0.1) is 0 Å². The highest BCUT2D eigenvalue weighted by Gasteiger charge is 2.32. The van der Waals surface area contributed by atoms with Gasteiger partial charge in [0, 0.05) is 11.1 Å². The van der Waals surface area contributed by atoms with E-state index in [1.54, 1.807) is 43.0 Å². The van der Waals surface area contributed by atoms with Crippen molar-refractivity contribution in [1.29, 1.82) is 0 Å². The molecule has 1 heterocycles. The van der Waals surface area contributed by atoms with Gasteiger partial charge >= 0.3 is 6.03 Å². The normalized spacial score (nSPS) is 15.9. The summed E-state index contributed by atoms with van der Waals surface area (Å²) in [6, 6.07) is 10.9. The number of carbonyl (C=O) groups is 2. The van der Waals surface area contributed by atoms with E-state index in [-0.39, 0.29) is 23.6 Å². The number of hydrogen-bond acceptors (Lipinski definition) is 3. The second-order valence-electron chi connectivity index (χ2n) is 8.17. The van der Waals surface area contributed by atoms with Crippen molar-refractivity contribution in [2.24, 2.45) is 5.92 Å². The number of piperazine rings is 1. The molecule has 6 nitrogen and oxygen atoms in total. The fourth-order valence-corrected chi connectivity index (χ4v) is 3.98. The summed E-state index contributed by atoms with van der Waals surface area (Å²) >= 11 is 0. The van der Waals surface area contributed by atoms with Gasteiger partial charge in [-0.3, -0.25) is 0 Å². The smallest absolute Gasteiger partial charge is 0.318 e. The number of carboxylic acid groups (broad SMARTS) is 1. The second kappa shape index (κ2) is 9.87. The number of carboxylic acids is 1. The van der Waals surface area contributed by atoms with E-state index in [1.165, 1.54) is 24.3 Å². The van der Waals surface area contributed by atoms with Crippen LogP contribution in [-0.4, -0.2) is 49.1 Å². The van der Waals surface area contributed by atoms with Gasteiger partial charge in [-0.05, 0) is 54.4 Å². The van der Waals surface area contributed by atoms with Crippen LogP contribution in [0.15, 0.2) is 48.5 Å². The van der Waals surface area contributed by atoms with E-state index in [0.717, 1.165) is 16.0 Å². The molecule has 2 aromatic rings. The number of nitrogens with one attached hydrogen (secondary N) is 2. The van der Waals surface area contributed by atoms with Crippen LogP contribution in [0.5, 0.6) is 0 Å². The quantitative estimate of drug-likeness (QED) is 0.709. The van der Waals surface area contributed by atoms with Gasteiger partial charge in [0.25, 0.3) is 0 Å². The fourth-order valence-electron chi connectivity index (χ4n) is 3.98. The SMILES string of the molecule is CC(C)[C@H](NC(=O)N1CC[NH+](C(c2ccc(F)cc2)c2ccc(F)cc2)CC1)C(=O)[O-]. The Morgan fingerprint density at radius 1 is 0.935 bits per heavy atom. The fraction of sp³-hybridized carbons (Fsp3) is 0.391. The van der Waals surface area contributed by atoms with Crippen LogP contribution in [0.3, 0.4) is 0 Å². The molecule has 166 valence electrons. The van der Waals surface area contributed by atoms with Gasteiger partial charge in [-0.25, -0.2) is 13.6 Å². The molecule has 8 heteroatoms. The van der Waals surface area contributed by atoms with Gasteiger partial charge in [0.2, 0.25) is 0 Å². The molecule has 1 aliphatic rings. The van der Waals surface area contributed by atoms with Crippen molar-refractivity contribution in [1.82, 2.24) is 10.2 Å². The monoisotopic (exact) mass is 431 g/mol. The predicted octanol–water partition coefficient (Wildman–Crippen LogP) is 0.739. The Morgan fingerprint density at radius 3 is 1.77 bits per heavy atom. The summed E-state index contributed by atoms with van der Waals surface area (Å²) < 4.78 is 26.9. The van der Waals surface area contributed by atoms with Crippen molar-refractivity contribution in [3.63, 3.8) is 0 Å². The number of rotatable bonds is 6. The lowest BCUT2D eigenvalue weighted by Gasteiger charge is -2.37. The molecule has 0 bridgehead atoms. The predicted molar refractivity (Wildman–Crippen MR) is 109 cm³/mol. The molecule has 0 saturated carbocycles. The zero-order valence-corrected chi connectivity index (χ0v) is 17.6. The summed E-state index contributed by atoms with van der Waals surface area (Å²) in [5.41, 5.74) is 1.80.